The first-order valence-corrected chi connectivity index (χ1v) is 13.9. The van der Waals surface area contributed by atoms with Crippen molar-refractivity contribution in [3.8, 4) is 33.6 Å². The first-order valence-electron chi connectivity index (χ1n) is 13.9. The van der Waals surface area contributed by atoms with Gasteiger partial charge in [-0.05, 0) is 73.5 Å². The number of anilines is 2. The Morgan fingerprint density at radius 2 is 1.73 bits per heavy atom. The maximum absolute atomic E-state index is 12.2. The highest BCUT2D eigenvalue weighted by molar-refractivity contribution is 6.07. The molecule has 0 atom stereocenters. The monoisotopic (exact) mass is 545 g/mol. The Morgan fingerprint density at radius 1 is 1.00 bits per heavy atom. The molecule has 4 heterocycles. The van der Waals surface area contributed by atoms with E-state index in [-0.39, 0.29) is 5.91 Å². The van der Waals surface area contributed by atoms with Crippen LogP contribution >= 0.6 is 0 Å². The molecule has 1 fully saturated rings. The highest BCUT2D eigenvalue weighted by Crippen LogP contribution is 2.42. The predicted molar refractivity (Wildman–Crippen MR) is 167 cm³/mol. The summed E-state index contributed by atoms with van der Waals surface area (Å²) in [4.78, 5) is 25.5. The van der Waals surface area contributed by atoms with Gasteiger partial charge in [0.25, 0.3) is 0 Å². The first-order chi connectivity index (χ1) is 19.8. The molecule has 1 aliphatic rings. The van der Waals surface area contributed by atoms with Gasteiger partial charge in [0, 0.05) is 73.5 Å². The molecule has 0 bridgehead atoms. The molecule has 0 aliphatic carbocycles. The Morgan fingerprint density at radius 3 is 2.41 bits per heavy atom. The van der Waals surface area contributed by atoms with Gasteiger partial charge in [0.2, 0.25) is 5.91 Å². The van der Waals surface area contributed by atoms with Gasteiger partial charge in [-0.15, -0.1) is 0 Å². The maximum Gasteiger partial charge on any atom is 0.247 e. The number of nitrogens with one attached hydrogen (secondary N) is 2. The van der Waals surface area contributed by atoms with Crippen molar-refractivity contribution in [2.75, 3.05) is 43.4 Å². The molecule has 8 nitrogen and oxygen atoms in total. The van der Waals surface area contributed by atoms with Gasteiger partial charge >= 0.3 is 0 Å². The molecule has 2 N–H and O–H groups in total. The van der Waals surface area contributed by atoms with Crippen LogP contribution in [0.25, 0.3) is 44.7 Å². The molecular weight excluding hydrogens is 510 g/mol. The van der Waals surface area contributed by atoms with Gasteiger partial charge in [0.1, 0.15) is 5.65 Å². The normalized spacial score (nSPS) is 14.0. The van der Waals surface area contributed by atoms with Gasteiger partial charge in [-0.25, -0.2) is 4.98 Å². The van der Waals surface area contributed by atoms with Crippen LogP contribution in [0.2, 0.25) is 0 Å². The first kappa shape index (κ1) is 26.5. The van der Waals surface area contributed by atoms with E-state index in [2.05, 4.69) is 76.1 Å². The molecule has 1 aliphatic heterocycles. The molecule has 41 heavy (non-hydrogen) atoms. The van der Waals surface area contributed by atoms with Crippen molar-refractivity contribution in [1.29, 1.82) is 0 Å². The third-order valence-corrected chi connectivity index (χ3v) is 8.07. The summed E-state index contributed by atoms with van der Waals surface area (Å²) in [5.74, 6) is -0.237. The van der Waals surface area contributed by atoms with Gasteiger partial charge in [0.05, 0.1) is 11.4 Å². The number of piperazine rings is 1. The number of hydrogen-bond acceptors (Lipinski definition) is 5. The van der Waals surface area contributed by atoms with Crippen LogP contribution in [0.15, 0.2) is 73.6 Å². The highest BCUT2D eigenvalue weighted by Gasteiger charge is 2.22. The number of benzene rings is 2. The van der Waals surface area contributed by atoms with Crippen LogP contribution in [0, 0.1) is 13.8 Å². The summed E-state index contributed by atoms with van der Waals surface area (Å²) < 4.78 is 1.80. The van der Waals surface area contributed by atoms with E-state index in [1.165, 1.54) is 11.8 Å². The molecule has 0 saturated carbocycles. The van der Waals surface area contributed by atoms with E-state index in [0.717, 1.165) is 87.7 Å². The van der Waals surface area contributed by atoms with Crippen molar-refractivity contribution < 1.29 is 4.79 Å². The Labute approximate surface area is 240 Å². The SMILES string of the molecule is C=CC(=O)Nc1cc(-c2c(-c3ccc(N4CCN(C)CC4)cc3)[nH]c3ncc(-c4ccn(C)n4)c(C)c23)ccc1C. The maximum atomic E-state index is 12.2. The number of pyridine rings is 1. The van der Waals surface area contributed by atoms with Crippen molar-refractivity contribution in [3.63, 3.8) is 0 Å². The summed E-state index contributed by atoms with van der Waals surface area (Å²) in [5.41, 5.74) is 10.8. The number of carbonyl (C=O) groups is 1. The van der Waals surface area contributed by atoms with E-state index >= 15 is 0 Å². The number of aryl methyl sites for hydroxylation is 3. The van der Waals surface area contributed by atoms with Crippen LogP contribution in [0.3, 0.4) is 0 Å². The molecule has 1 saturated heterocycles. The number of aromatic nitrogens is 4. The number of nitrogens with zero attached hydrogens (tertiary/aromatic N) is 5. The molecule has 1 amide bonds. The fourth-order valence-electron chi connectivity index (χ4n) is 5.63. The lowest BCUT2D eigenvalue weighted by atomic mass is 9.94. The number of amides is 1. The number of hydrogen-bond donors (Lipinski definition) is 2. The average molecular weight is 546 g/mol. The fourth-order valence-corrected chi connectivity index (χ4v) is 5.63. The Kier molecular flexibility index (Phi) is 6.93. The minimum absolute atomic E-state index is 0.237. The van der Waals surface area contributed by atoms with E-state index in [4.69, 9.17) is 4.98 Å². The molecule has 8 heteroatoms. The molecule has 0 spiro atoms. The quantitative estimate of drug-likeness (QED) is 0.264. The lowest BCUT2D eigenvalue weighted by molar-refractivity contribution is -0.111. The zero-order valence-electron chi connectivity index (χ0n) is 24.0. The van der Waals surface area contributed by atoms with Crippen molar-refractivity contribution in [2.24, 2.45) is 7.05 Å². The Bertz CT molecular complexity index is 1750. The summed E-state index contributed by atoms with van der Waals surface area (Å²) in [6.07, 6.45) is 5.13. The minimum Gasteiger partial charge on any atom is -0.369 e. The van der Waals surface area contributed by atoms with Gasteiger partial charge in [-0.1, -0.05) is 30.8 Å². The van der Waals surface area contributed by atoms with Crippen LogP contribution in [-0.2, 0) is 11.8 Å². The molecule has 208 valence electrons. The highest BCUT2D eigenvalue weighted by atomic mass is 16.1. The molecule has 5 aromatic rings. The number of likely N-dealkylation sites (N-methyl/N-ethyl adjacent to an activating group) is 1. The number of rotatable bonds is 6. The van der Waals surface area contributed by atoms with Crippen LogP contribution in [0.1, 0.15) is 11.1 Å². The van der Waals surface area contributed by atoms with Gasteiger partial charge in [-0.2, -0.15) is 5.10 Å². The van der Waals surface area contributed by atoms with E-state index in [1.54, 1.807) is 4.68 Å². The summed E-state index contributed by atoms with van der Waals surface area (Å²) >= 11 is 0. The topological polar surface area (TPSA) is 82.1 Å². The van der Waals surface area contributed by atoms with Gasteiger partial charge in [0.15, 0.2) is 0 Å². The van der Waals surface area contributed by atoms with E-state index in [0.29, 0.717) is 0 Å². The second-order valence-corrected chi connectivity index (χ2v) is 10.8. The zero-order valence-corrected chi connectivity index (χ0v) is 24.0. The number of H-pyrrole nitrogens is 1. The van der Waals surface area contributed by atoms with Crippen molar-refractivity contribution in [3.05, 3.63) is 84.7 Å². The van der Waals surface area contributed by atoms with Gasteiger partial charge in [-0.3, -0.25) is 9.48 Å². The van der Waals surface area contributed by atoms with Gasteiger partial charge < -0.3 is 20.1 Å². The standard InChI is InChI=1S/C33H35N7O/c1-6-29(41)35-28-19-24(8-7-21(28)2)31-30-22(3)26(27-13-14-39(5)37-27)20-34-33(30)36-32(31)23-9-11-25(12-10-23)40-17-15-38(4)16-18-40/h6-14,19-20H,1,15-18H2,2-5H3,(H,34,36)(H,35,41). The molecule has 0 unspecified atom stereocenters. The summed E-state index contributed by atoms with van der Waals surface area (Å²) in [6.45, 7) is 11.9. The van der Waals surface area contributed by atoms with E-state index in [9.17, 15) is 4.79 Å². The van der Waals surface area contributed by atoms with E-state index in [1.807, 2.05) is 44.6 Å². The summed E-state index contributed by atoms with van der Waals surface area (Å²) in [7, 11) is 4.09. The fraction of sp³-hybridized carbons (Fsp3) is 0.242. The number of carbonyl (C=O) groups excluding carboxylic acids is 1. The van der Waals surface area contributed by atoms with Crippen molar-refractivity contribution >= 4 is 28.3 Å². The van der Waals surface area contributed by atoms with Crippen LogP contribution in [-0.4, -0.2) is 63.8 Å². The lowest BCUT2D eigenvalue weighted by Crippen LogP contribution is -2.44. The van der Waals surface area contributed by atoms with Crippen LogP contribution < -0.4 is 10.2 Å². The molecular formula is C33H35N7O. The predicted octanol–water partition coefficient (Wildman–Crippen LogP) is 5.79. The molecule has 2 aromatic carbocycles. The second-order valence-electron chi connectivity index (χ2n) is 10.8. The van der Waals surface area contributed by atoms with Crippen LogP contribution in [0.4, 0.5) is 11.4 Å². The lowest BCUT2D eigenvalue weighted by Gasteiger charge is -2.34. The number of aromatic amines is 1. The average Bonchev–Trinajstić information content (AvgIpc) is 3.59. The largest absolute Gasteiger partial charge is 0.369 e. The Hall–Kier alpha value is -4.69. The molecule has 0 radical (unpaired) electrons. The smallest absolute Gasteiger partial charge is 0.247 e. The molecule has 6 rings (SSSR count). The minimum atomic E-state index is -0.237. The zero-order chi connectivity index (χ0) is 28.7. The Balaban J connectivity index is 1.52. The second kappa shape index (κ2) is 10.7. The number of fused-ring (bicyclic) bond motifs is 1. The molecule has 3 aromatic heterocycles. The summed E-state index contributed by atoms with van der Waals surface area (Å²) in [6, 6.07) is 17.0. The van der Waals surface area contributed by atoms with Crippen LogP contribution in [0.5, 0.6) is 0 Å². The third-order valence-electron chi connectivity index (χ3n) is 8.07. The van der Waals surface area contributed by atoms with Crippen molar-refractivity contribution in [2.45, 2.75) is 13.8 Å². The van der Waals surface area contributed by atoms with Crippen molar-refractivity contribution in [1.82, 2.24) is 24.6 Å². The summed E-state index contributed by atoms with van der Waals surface area (Å²) in [5, 5.41) is 8.65. The van der Waals surface area contributed by atoms with E-state index < -0.39 is 0 Å². The third kappa shape index (κ3) is 5.02.